The van der Waals surface area contributed by atoms with E-state index in [2.05, 4.69) is 10.3 Å². The number of amides is 1. The number of nitrogens with one attached hydrogen (secondary N) is 1. The fourth-order valence-electron chi connectivity index (χ4n) is 1.58. The number of hydrogen-bond acceptors (Lipinski definition) is 3. The lowest BCUT2D eigenvalue weighted by Gasteiger charge is -2.19. The summed E-state index contributed by atoms with van der Waals surface area (Å²) in [7, 11) is 0. The van der Waals surface area contributed by atoms with Crippen LogP contribution in [0.3, 0.4) is 0 Å². The fraction of sp³-hybridized carbons (Fsp3) is 0.400. The Bertz CT molecular complexity index is 369. The molecule has 4 nitrogen and oxygen atoms in total. The van der Waals surface area contributed by atoms with Crippen LogP contribution in [0.25, 0.3) is 0 Å². The van der Waals surface area contributed by atoms with Crippen LogP contribution in [0.2, 0.25) is 5.15 Å². The minimum absolute atomic E-state index is 0.0364. The van der Waals surface area contributed by atoms with Crippen LogP contribution in [0.15, 0.2) is 18.2 Å². The van der Waals surface area contributed by atoms with E-state index in [1.807, 2.05) is 17.0 Å². The molecule has 5 heteroatoms. The highest BCUT2D eigenvalue weighted by Gasteiger charge is 2.15. The van der Waals surface area contributed by atoms with Crippen LogP contribution in [0.5, 0.6) is 0 Å². The molecule has 1 aliphatic heterocycles. The number of carbonyl (C=O) groups is 1. The highest BCUT2D eigenvalue weighted by atomic mass is 35.5. The van der Waals surface area contributed by atoms with E-state index in [0.29, 0.717) is 11.7 Å². The van der Waals surface area contributed by atoms with Crippen LogP contribution in [-0.2, 0) is 4.79 Å². The molecule has 1 fully saturated rings. The molecule has 0 unspecified atom stereocenters. The minimum Gasteiger partial charge on any atom is -0.354 e. The molecular weight excluding hydrogens is 214 g/mol. The molecular formula is C10H12ClN3O. The maximum absolute atomic E-state index is 11.3. The zero-order chi connectivity index (χ0) is 10.7. The lowest BCUT2D eigenvalue weighted by molar-refractivity contribution is -0.119. The number of carbonyl (C=O) groups excluding carboxylic acids is 1. The number of pyridine rings is 1. The normalized spacial score (nSPS) is 17.1. The van der Waals surface area contributed by atoms with Crippen molar-refractivity contribution in [1.29, 1.82) is 0 Å². The SMILES string of the molecule is O=C1CN(c2cccc(Cl)n2)CCCN1. The van der Waals surface area contributed by atoms with Crippen LogP contribution in [0.4, 0.5) is 5.82 Å². The Morgan fingerprint density at radius 2 is 2.33 bits per heavy atom. The summed E-state index contributed by atoms with van der Waals surface area (Å²) in [5, 5.41) is 3.27. The monoisotopic (exact) mass is 225 g/mol. The van der Waals surface area contributed by atoms with Gasteiger partial charge in [-0.05, 0) is 18.6 Å². The Morgan fingerprint density at radius 3 is 3.13 bits per heavy atom. The van der Waals surface area contributed by atoms with Crippen molar-refractivity contribution in [3.8, 4) is 0 Å². The quantitative estimate of drug-likeness (QED) is 0.727. The molecule has 0 radical (unpaired) electrons. The van der Waals surface area contributed by atoms with Gasteiger partial charge in [-0.2, -0.15) is 0 Å². The van der Waals surface area contributed by atoms with Crippen LogP contribution in [0, 0.1) is 0 Å². The van der Waals surface area contributed by atoms with E-state index in [1.54, 1.807) is 6.07 Å². The second-order valence-electron chi connectivity index (χ2n) is 3.44. The molecule has 0 saturated carbocycles. The van der Waals surface area contributed by atoms with Crippen molar-refractivity contribution in [1.82, 2.24) is 10.3 Å². The molecule has 1 aromatic heterocycles. The van der Waals surface area contributed by atoms with Gasteiger partial charge in [0.1, 0.15) is 11.0 Å². The third kappa shape index (κ3) is 2.59. The van der Waals surface area contributed by atoms with E-state index in [0.717, 1.165) is 25.3 Å². The third-order valence-corrected chi connectivity index (χ3v) is 2.50. The zero-order valence-electron chi connectivity index (χ0n) is 8.24. The van der Waals surface area contributed by atoms with Gasteiger partial charge in [-0.15, -0.1) is 0 Å². The molecule has 2 rings (SSSR count). The molecule has 0 atom stereocenters. The number of aromatic nitrogens is 1. The van der Waals surface area contributed by atoms with E-state index in [-0.39, 0.29) is 5.91 Å². The summed E-state index contributed by atoms with van der Waals surface area (Å²) >= 11 is 5.80. The van der Waals surface area contributed by atoms with Crippen LogP contribution in [-0.4, -0.2) is 30.5 Å². The van der Waals surface area contributed by atoms with Gasteiger partial charge in [-0.1, -0.05) is 17.7 Å². The van der Waals surface area contributed by atoms with Gasteiger partial charge in [-0.3, -0.25) is 4.79 Å². The number of halogens is 1. The van der Waals surface area contributed by atoms with E-state index < -0.39 is 0 Å². The molecule has 1 amide bonds. The Labute approximate surface area is 93.2 Å². The van der Waals surface area contributed by atoms with Gasteiger partial charge in [-0.25, -0.2) is 4.98 Å². The van der Waals surface area contributed by atoms with Crippen molar-refractivity contribution in [3.63, 3.8) is 0 Å². The molecule has 1 saturated heterocycles. The second-order valence-corrected chi connectivity index (χ2v) is 3.83. The van der Waals surface area contributed by atoms with Crippen molar-refractivity contribution >= 4 is 23.3 Å². The number of nitrogens with zero attached hydrogens (tertiary/aromatic N) is 2. The van der Waals surface area contributed by atoms with Crippen LogP contribution < -0.4 is 10.2 Å². The first kappa shape index (κ1) is 10.2. The fourth-order valence-corrected chi connectivity index (χ4v) is 1.73. The smallest absolute Gasteiger partial charge is 0.239 e. The van der Waals surface area contributed by atoms with Gasteiger partial charge in [0.25, 0.3) is 0 Å². The average Bonchev–Trinajstić information content (AvgIpc) is 2.43. The van der Waals surface area contributed by atoms with Gasteiger partial charge in [0.2, 0.25) is 5.91 Å². The Kier molecular flexibility index (Phi) is 3.06. The highest BCUT2D eigenvalue weighted by molar-refractivity contribution is 6.29. The summed E-state index contributed by atoms with van der Waals surface area (Å²) < 4.78 is 0. The second kappa shape index (κ2) is 4.49. The van der Waals surface area contributed by atoms with Gasteiger partial charge in [0.05, 0.1) is 6.54 Å². The summed E-state index contributed by atoms with van der Waals surface area (Å²) in [4.78, 5) is 17.5. The maximum Gasteiger partial charge on any atom is 0.239 e. The number of rotatable bonds is 1. The van der Waals surface area contributed by atoms with Gasteiger partial charge in [0, 0.05) is 13.1 Å². The maximum atomic E-state index is 11.3. The predicted octanol–water partition coefficient (Wildman–Crippen LogP) is 1.06. The number of hydrogen-bond donors (Lipinski definition) is 1. The molecule has 0 bridgehead atoms. The molecule has 0 aliphatic carbocycles. The van der Waals surface area contributed by atoms with E-state index in [9.17, 15) is 4.79 Å². The minimum atomic E-state index is 0.0364. The molecule has 80 valence electrons. The summed E-state index contributed by atoms with van der Waals surface area (Å²) in [5.41, 5.74) is 0. The topological polar surface area (TPSA) is 45.2 Å². The Morgan fingerprint density at radius 1 is 1.47 bits per heavy atom. The van der Waals surface area contributed by atoms with E-state index >= 15 is 0 Å². The molecule has 1 N–H and O–H groups in total. The first-order valence-corrected chi connectivity index (χ1v) is 5.28. The van der Waals surface area contributed by atoms with Crippen molar-refractivity contribution < 1.29 is 4.79 Å². The predicted molar refractivity (Wildman–Crippen MR) is 59.1 cm³/mol. The summed E-state index contributed by atoms with van der Waals surface area (Å²) in [6.45, 7) is 1.91. The number of anilines is 1. The van der Waals surface area contributed by atoms with Gasteiger partial charge in [0.15, 0.2) is 0 Å². The van der Waals surface area contributed by atoms with E-state index in [1.165, 1.54) is 0 Å². The zero-order valence-corrected chi connectivity index (χ0v) is 9.00. The van der Waals surface area contributed by atoms with Gasteiger partial charge >= 0.3 is 0 Å². The first-order valence-electron chi connectivity index (χ1n) is 4.90. The molecule has 15 heavy (non-hydrogen) atoms. The highest BCUT2D eigenvalue weighted by Crippen LogP contribution is 2.15. The van der Waals surface area contributed by atoms with Crippen LogP contribution >= 0.6 is 11.6 Å². The molecule has 1 aliphatic rings. The van der Waals surface area contributed by atoms with Crippen molar-refractivity contribution in [2.24, 2.45) is 0 Å². The summed E-state index contributed by atoms with van der Waals surface area (Å²) in [6, 6.07) is 5.43. The summed E-state index contributed by atoms with van der Waals surface area (Å²) in [5.74, 6) is 0.800. The average molecular weight is 226 g/mol. The third-order valence-electron chi connectivity index (χ3n) is 2.29. The molecule has 2 heterocycles. The van der Waals surface area contributed by atoms with Crippen LogP contribution in [0.1, 0.15) is 6.42 Å². The van der Waals surface area contributed by atoms with Crippen molar-refractivity contribution in [3.05, 3.63) is 23.4 Å². The van der Waals surface area contributed by atoms with Crippen molar-refractivity contribution in [2.75, 3.05) is 24.5 Å². The summed E-state index contributed by atoms with van der Waals surface area (Å²) in [6.07, 6.45) is 0.930. The molecule has 0 aromatic carbocycles. The Balaban J connectivity index is 2.18. The van der Waals surface area contributed by atoms with E-state index in [4.69, 9.17) is 11.6 Å². The standard InChI is InChI=1S/C10H12ClN3O/c11-8-3-1-4-9(13-8)14-6-2-5-12-10(15)7-14/h1,3-4H,2,5-7H2,(H,12,15). The first-order chi connectivity index (χ1) is 7.25. The molecule has 1 aromatic rings. The lowest BCUT2D eigenvalue weighted by atomic mass is 10.3. The lowest BCUT2D eigenvalue weighted by Crippen LogP contribution is -2.33. The largest absolute Gasteiger partial charge is 0.354 e. The molecule has 0 spiro atoms. The van der Waals surface area contributed by atoms with Gasteiger partial charge < -0.3 is 10.2 Å². The van der Waals surface area contributed by atoms with Crippen molar-refractivity contribution in [2.45, 2.75) is 6.42 Å². The Hall–Kier alpha value is -1.29.